The summed E-state index contributed by atoms with van der Waals surface area (Å²) in [5.74, 6) is 0.907. The molecule has 0 spiro atoms. The molecule has 1 unspecified atom stereocenters. The van der Waals surface area contributed by atoms with Crippen molar-refractivity contribution in [3.63, 3.8) is 0 Å². The van der Waals surface area contributed by atoms with Gasteiger partial charge in [-0.25, -0.2) is 0 Å². The van der Waals surface area contributed by atoms with Crippen LogP contribution >= 0.6 is 0 Å². The molecule has 1 atom stereocenters. The minimum absolute atomic E-state index is 0.210. The normalized spacial score (nSPS) is 13.4. The van der Waals surface area contributed by atoms with E-state index < -0.39 is 0 Å². The molecule has 0 amide bonds. The monoisotopic (exact) mass is 170 g/mol. The smallest absolute Gasteiger partial charge is 0.138 e. The second-order valence-electron chi connectivity index (χ2n) is 3.95. The molecular weight excluding hydrogens is 148 g/mol. The highest BCUT2D eigenvalue weighted by molar-refractivity contribution is 5.82. The lowest BCUT2D eigenvalue weighted by atomic mass is 9.92. The summed E-state index contributed by atoms with van der Waals surface area (Å²) in [6.45, 7) is 8.21. The molecule has 0 aromatic carbocycles. The Labute approximate surface area is 76.6 Å². The maximum absolute atomic E-state index is 11.4. The molecule has 1 heteroatoms. The van der Waals surface area contributed by atoms with Gasteiger partial charge in [0.2, 0.25) is 0 Å². The molecule has 0 radical (unpaired) electrons. The van der Waals surface area contributed by atoms with E-state index in [0.717, 1.165) is 6.42 Å². The minimum atomic E-state index is 0.210. The van der Waals surface area contributed by atoms with Crippen LogP contribution in [0, 0.1) is 11.8 Å². The number of ketones is 1. The number of hydrogen-bond acceptors (Lipinski definition) is 1. The van der Waals surface area contributed by atoms with E-state index in [-0.39, 0.29) is 11.8 Å². The van der Waals surface area contributed by atoms with Crippen molar-refractivity contribution in [1.29, 1.82) is 0 Å². The summed E-state index contributed by atoms with van der Waals surface area (Å²) in [7, 11) is 0. The minimum Gasteiger partial charge on any atom is -0.299 e. The number of carbonyl (C=O) groups is 1. The fourth-order valence-corrected chi connectivity index (χ4v) is 1.41. The maximum Gasteiger partial charge on any atom is 0.138 e. The van der Waals surface area contributed by atoms with E-state index in [2.05, 4.69) is 13.8 Å². The SMILES string of the molecule is CCCCCC(C)C(=O)C(C)C. The predicted molar refractivity (Wildman–Crippen MR) is 53.2 cm³/mol. The summed E-state index contributed by atoms with van der Waals surface area (Å²) >= 11 is 0. The average molecular weight is 170 g/mol. The van der Waals surface area contributed by atoms with Crippen molar-refractivity contribution in [1.82, 2.24) is 0 Å². The standard InChI is InChI=1S/C11H22O/c1-5-6-7-8-10(4)11(12)9(2)3/h9-10H,5-8H2,1-4H3. The van der Waals surface area contributed by atoms with Gasteiger partial charge in [0.15, 0.2) is 0 Å². The van der Waals surface area contributed by atoms with Crippen LogP contribution in [0.5, 0.6) is 0 Å². The molecule has 1 nitrogen and oxygen atoms in total. The summed E-state index contributed by atoms with van der Waals surface area (Å²) in [5, 5.41) is 0. The molecule has 0 aromatic rings. The molecule has 0 saturated carbocycles. The third-order valence-electron chi connectivity index (χ3n) is 2.30. The zero-order valence-electron chi connectivity index (χ0n) is 8.89. The highest BCUT2D eigenvalue weighted by Gasteiger charge is 2.15. The molecule has 12 heavy (non-hydrogen) atoms. The van der Waals surface area contributed by atoms with Crippen molar-refractivity contribution in [2.75, 3.05) is 0 Å². The Bertz CT molecular complexity index is 127. The van der Waals surface area contributed by atoms with Crippen LogP contribution < -0.4 is 0 Å². The van der Waals surface area contributed by atoms with Gasteiger partial charge in [0.05, 0.1) is 0 Å². The van der Waals surface area contributed by atoms with Crippen LogP contribution in [0.4, 0.5) is 0 Å². The number of hydrogen-bond donors (Lipinski definition) is 0. The summed E-state index contributed by atoms with van der Waals surface area (Å²) in [6, 6.07) is 0. The van der Waals surface area contributed by atoms with Crippen molar-refractivity contribution >= 4 is 5.78 Å². The van der Waals surface area contributed by atoms with Gasteiger partial charge in [-0.15, -0.1) is 0 Å². The van der Waals surface area contributed by atoms with E-state index in [1.807, 2.05) is 13.8 Å². The topological polar surface area (TPSA) is 17.1 Å². The lowest BCUT2D eigenvalue weighted by molar-refractivity contribution is -0.125. The Morgan fingerprint density at radius 3 is 2.17 bits per heavy atom. The van der Waals surface area contributed by atoms with Gasteiger partial charge in [0, 0.05) is 11.8 Å². The molecule has 0 fully saturated rings. The number of rotatable bonds is 6. The molecule has 0 bridgehead atoms. The molecule has 0 aliphatic heterocycles. The zero-order chi connectivity index (χ0) is 9.56. The van der Waals surface area contributed by atoms with Crippen LogP contribution in [-0.4, -0.2) is 5.78 Å². The summed E-state index contributed by atoms with van der Waals surface area (Å²) < 4.78 is 0. The van der Waals surface area contributed by atoms with Gasteiger partial charge in [-0.1, -0.05) is 47.0 Å². The van der Waals surface area contributed by atoms with Crippen molar-refractivity contribution in [3.8, 4) is 0 Å². The summed E-state index contributed by atoms with van der Waals surface area (Å²) in [6.07, 6.45) is 4.78. The molecular formula is C11H22O. The summed E-state index contributed by atoms with van der Waals surface area (Å²) in [5.41, 5.74) is 0. The molecule has 0 saturated heterocycles. The van der Waals surface area contributed by atoms with E-state index in [9.17, 15) is 4.79 Å². The van der Waals surface area contributed by atoms with E-state index in [1.54, 1.807) is 0 Å². The Balaban J connectivity index is 3.57. The van der Waals surface area contributed by atoms with Crippen LogP contribution in [0.1, 0.15) is 53.4 Å². The fourth-order valence-electron chi connectivity index (χ4n) is 1.41. The van der Waals surface area contributed by atoms with Gasteiger partial charge in [-0.3, -0.25) is 4.79 Å². The first-order valence-corrected chi connectivity index (χ1v) is 5.13. The van der Waals surface area contributed by atoms with E-state index in [0.29, 0.717) is 5.78 Å². The quantitative estimate of drug-likeness (QED) is 0.558. The third kappa shape index (κ3) is 4.53. The highest BCUT2D eigenvalue weighted by Crippen LogP contribution is 2.14. The first kappa shape index (κ1) is 11.7. The Hall–Kier alpha value is -0.330. The van der Waals surface area contributed by atoms with Crippen LogP contribution in [0.2, 0.25) is 0 Å². The van der Waals surface area contributed by atoms with Crippen LogP contribution in [0.25, 0.3) is 0 Å². The van der Waals surface area contributed by atoms with Gasteiger partial charge >= 0.3 is 0 Å². The predicted octanol–water partition coefficient (Wildman–Crippen LogP) is 3.43. The van der Waals surface area contributed by atoms with E-state index in [4.69, 9.17) is 0 Å². The average Bonchev–Trinajstić information content (AvgIpc) is 2.03. The van der Waals surface area contributed by atoms with E-state index in [1.165, 1.54) is 19.3 Å². The van der Waals surface area contributed by atoms with Gasteiger partial charge in [-0.2, -0.15) is 0 Å². The fraction of sp³-hybridized carbons (Fsp3) is 0.909. The second-order valence-corrected chi connectivity index (χ2v) is 3.95. The third-order valence-corrected chi connectivity index (χ3v) is 2.30. The molecule has 0 N–H and O–H groups in total. The molecule has 0 aromatic heterocycles. The second kappa shape index (κ2) is 6.22. The van der Waals surface area contributed by atoms with Crippen molar-refractivity contribution in [2.45, 2.75) is 53.4 Å². The highest BCUT2D eigenvalue weighted by atomic mass is 16.1. The first-order valence-electron chi connectivity index (χ1n) is 5.13. The van der Waals surface area contributed by atoms with Crippen molar-refractivity contribution < 1.29 is 4.79 Å². The van der Waals surface area contributed by atoms with Gasteiger partial charge in [0.1, 0.15) is 5.78 Å². The maximum atomic E-state index is 11.4. The number of carbonyl (C=O) groups excluding carboxylic acids is 1. The Morgan fingerprint density at radius 1 is 1.17 bits per heavy atom. The van der Waals surface area contributed by atoms with Crippen LogP contribution in [0.3, 0.4) is 0 Å². The lowest BCUT2D eigenvalue weighted by Crippen LogP contribution is -2.16. The lowest BCUT2D eigenvalue weighted by Gasteiger charge is -2.11. The molecule has 0 heterocycles. The molecule has 0 aliphatic rings. The number of unbranched alkanes of at least 4 members (excludes halogenated alkanes) is 2. The zero-order valence-corrected chi connectivity index (χ0v) is 8.89. The Kier molecular flexibility index (Phi) is 6.04. The van der Waals surface area contributed by atoms with Crippen LogP contribution in [0.15, 0.2) is 0 Å². The van der Waals surface area contributed by atoms with Crippen molar-refractivity contribution in [3.05, 3.63) is 0 Å². The van der Waals surface area contributed by atoms with E-state index >= 15 is 0 Å². The van der Waals surface area contributed by atoms with Crippen LogP contribution in [-0.2, 0) is 4.79 Å². The van der Waals surface area contributed by atoms with Gasteiger partial charge in [0.25, 0.3) is 0 Å². The Morgan fingerprint density at radius 2 is 1.75 bits per heavy atom. The first-order chi connectivity index (χ1) is 5.59. The van der Waals surface area contributed by atoms with Gasteiger partial charge in [-0.05, 0) is 6.42 Å². The summed E-state index contributed by atoms with van der Waals surface area (Å²) in [4.78, 5) is 11.4. The molecule has 72 valence electrons. The van der Waals surface area contributed by atoms with Gasteiger partial charge < -0.3 is 0 Å². The molecule has 0 aliphatic carbocycles. The largest absolute Gasteiger partial charge is 0.299 e. The van der Waals surface area contributed by atoms with Crippen molar-refractivity contribution in [2.24, 2.45) is 11.8 Å². The number of Topliss-reactive ketones (excluding diaryl/α,β-unsaturated/α-hetero) is 1. The molecule has 0 rings (SSSR count).